The summed E-state index contributed by atoms with van der Waals surface area (Å²) in [5, 5.41) is 4.00. The number of amides is 2. The summed E-state index contributed by atoms with van der Waals surface area (Å²) >= 11 is 3.10. The third-order valence-electron chi connectivity index (χ3n) is 3.72. The molecule has 1 N–H and O–H groups in total. The van der Waals surface area contributed by atoms with Crippen molar-refractivity contribution in [3.05, 3.63) is 15.6 Å². The Morgan fingerprint density at radius 3 is 2.71 bits per heavy atom. The topological polar surface area (TPSA) is 62.3 Å². The Hall–Kier alpha value is -1.08. The molecular weight excluding hydrogens is 342 g/mol. The maximum atomic E-state index is 12.9. The van der Waals surface area contributed by atoms with Gasteiger partial charge in [0.05, 0.1) is 16.6 Å². The largest absolute Gasteiger partial charge is 0.350 e. The highest BCUT2D eigenvalue weighted by Gasteiger charge is 2.37. The minimum Gasteiger partial charge on any atom is -0.350 e. The van der Waals surface area contributed by atoms with Gasteiger partial charge in [0.15, 0.2) is 0 Å². The first kappa shape index (κ1) is 19.2. The number of rotatable bonds is 5. The van der Waals surface area contributed by atoms with Gasteiger partial charge in [0.25, 0.3) is 5.91 Å². The van der Waals surface area contributed by atoms with E-state index >= 15 is 0 Å². The third-order valence-corrected chi connectivity index (χ3v) is 5.94. The van der Waals surface area contributed by atoms with E-state index < -0.39 is 6.04 Å². The van der Waals surface area contributed by atoms with Crippen LogP contribution in [-0.4, -0.2) is 44.9 Å². The first-order valence-corrected chi connectivity index (χ1v) is 10.4. The number of nitrogens with zero attached hydrogens (tertiary/aromatic N) is 2. The molecule has 0 aliphatic carbocycles. The molecule has 1 unspecified atom stereocenters. The molecule has 1 saturated heterocycles. The average molecular weight is 370 g/mol. The molecule has 1 aromatic heterocycles. The van der Waals surface area contributed by atoms with Crippen LogP contribution in [0.5, 0.6) is 0 Å². The lowest BCUT2D eigenvalue weighted by Crippen LogP contribution is -2.52. The SMILES string of the molecule is CCCCc1nc(C)c(C(=O)N2CSCC2C(=O)NC(C)(C)C)s1. The molecule has 2 rings (SSSR count). The fourth-order valence-corrected chi connectivity index (χ4v) is 4.75. The van der Waals surface area contributed by atoms with Crippen molar-refractivity contribution in [2.75, 3.05) is 11.6 Å². The molecule has 1 aliphatic rings. The fraction of sp³-hybridized carbons (Fsp3) is 0.706. The standard InChI is InChI=1S/C17H27N3O2S2/c1-6-7-8-13-18-11(2)14(24-13)16(22)20-10-23-9-12(20)15(21)19-17(3,4)5/h12H,6-10H2,1-5H3,(H,19,21). The highest BCUT2D eigenvalue weighted by molar-refractivity contribution is 7.99. The number of carbonyl (C=O) groups excluding carboxylic acids is 2. The minimum absolute atomic E-state index is 0.0631. The molecule has 7 heteroatoms. The van der Waals surface area contributed by atoms with Gasteiger partial charge in [-0.3, -0.25) is 9.59 Å². The van der Waals surface area contributed by atoms with E-state index in [1.54, 1.807) is 16.7 Å². The molecule has 2 amide bonds. The predicted octanol–water partition coefficient (Wildman–Crippen LogP) is 3.22. The van der Waals surface area contributed by atoms with Crippen molar-refractivity contribution >= 4 is 34.9 Å². The summed E-state index contributed by atoms with van der Waals surface area (Å²) in [4.78, 5) is 32.3. The summed E-state index contributed by atoms with van der Waals surface area (Å²) in [5.74, 6) is 1.07. The van der Waals surface area contributed by atoms with Crippen LogP contribution in [0.3, 0.4) is 0 Å². The van der Waals surface area contributed by atoms with Gasteiger partial charge in [-0.05, 0) is 40.5 Å². The Morgan fingerprint density at radius 1 is 1.38 bits per heavy atom. The third kappa shape index (κ3) is 4.72. The molecule has 1 aromatic rings. The van der Waals surface area contributed by atoms with Gasteiger partial charge >= 0.3 is 0 Å². The van der Waals surface area contributed by atoms with Gasteiger partial charge in [0.1, 0.15) is 10.9 Å². The molecular formula is C17H27N3O2S2. The van der Waals surface area contributed by atoms with Crippen LogP contribution in [0.1, 0.15) is 60.9 Å². The lowest BCUT2D eigenvalue weighted by atomic mass is 10.1. The van der Waals surface area contributed by atoms with E-state index in [0.29, 0.717) is 16.5 Å². The Labute approximate surface area is 152 Å². The number of hydrogen-bond acceptors (Lipinski definition) is 5. The van der Waals surface area contributed by atoms with Crippen LogP contribution in [0.4, 0.5) is 0 Å². The zero-order valence-corrected chi connectivity index (χ0v) is 16.8. The van der Waals surface area contributed by atoms with Crippen molar-refractivity contribution in [2.45, 2.75) is 65.5 Å². The number of nitrogens with one attached hydrogen (secondary N) is 1. The maximum Gasteiger partial charge on any atom is 0.267 e. The lowest BCUT2D eigenvalue weighted by Gasteiger charge is -2.27. The Morgan fingerprint density at radius 2 is 2.08 bits per heavy atom. The molecule has 0 spiro atoms. The van der Waals surface area contributed by atoms with Crippen LogP contribution in [0, 0.1) is 6.92 Å². The van der Waals surface area contributed by atoms with Crippen molar-refractivity contribution in [3.8, 4) is 0 Å². The number of aromatic nitrogens is 1. The number of unbranched alkanes of at least 4 members (excludes halogenated alkanes) is 1. The maximum absolute atomic E-state index is 12.9. The smallest absolute Gasteiger partial charge is 0.267 e. The van der Waals surface area contributed by atoms with Crippen LogP contribution in [0.25, 0.3) is 0 Å². The first-order chi connectivity index (χ1) is 11.2. The quantitative estimate of drug-likeness (QED) is 0.866. The number of aryl methyl sites for hydroxylation is 2. The van der Waals surface area contributed by atoms with E-state index in [-0.39, 0.29) is 17.4 Å². The van der Waals surface area contributed by atoms with Crippen LogP contribution in [0.15, 0.2) is 0 Å². The average Bonchev–Trinajstić information content (AvgIpc) is 3.09. The molecule has 1 aliphatic heterocycles. The summed E-state index contributed by atoms with van der Waals surface area (Å²) < 4.78 is 0. The molecule has 134 valence electrons. The van der Waals surface area contributed by atoms with Crippen molar-refractivity contribution in [1.82, 2.24) is 15.2 Å². The van der Waals surface area contributed by atoms with Crippen LogP contribution in [-0.2, 0) is 11.2 Å². The summed E-state index contributed by atoms with van der Waals surface area (Å²) in [6.07, 6.45) is 3.11. The molecule has 2 heterocycles. The Bertz CT molecular complexity index is 607. The normalized spacial score (nSPS) is 18.0. The van der Waals surface area contributed by atoms with Crippen LogP contribution < -0.4 is 5.32 Å². The van der Waals surface area contributed by atoms with Gasteiger partial charge in [-0.25, -0.2) is 4.98 Å². The van der Waals surface area contributed by atoms with E-state index in [1.807, 2.05) is 27.7 Å². The lowest BCUT2D eigenvalue weighted by molar-refractivity contribution is -0.125. The van der Waals surface area contributed by atoms with Gasteiger partial charge in [-0.15, -0.1) is 23.1 Å². The van der Waals surface area contributed by atoms with Crippen LogP contribution in [0.2, 0.25) is 0 Å². The van der Waals surface area contributed by atoms with E-state index in [2.05, 4.69) is 17.2 Å². The molecule has 24 heavy (non-hydrogen) atoms. The number of carbonyl (C=O) groups is 2. The molecule has 0 aromatic carbocycles. The molecule has 1 atom stereocenters. The predicted molar refractivity (Wildman–Crippen MR) is 101 cm³/mol. The second kappa shape index (κ2) is 7.87. The number of hydrogen-bond donors (Lipinski definition) is 1. The van der Waals surface area contributed by atoms with Crippen LogP contribution >= 0.6 is 23.1 Å². The van der Waals surface area contributed by atoms with Crippen molar-refractivity contribution < 1.29 is 9.59 Å². The molecule has 0 saturated carbocycles. The zero-order chi connectivity index (χ0) is 17.9. The Kier molecular flexibility index (Phi) is 6.31. The van der Waals surface area contributed by atoms with Gasteiger partial charge in [0, 0.05) is 11.3 Å². The monoisotopic (exact) mass is 369 g/mol. The second-order valence-electron chi connectivity index (χ2n) is 7.16. The molecule has 0 bridgehead atoms. The molecule has 1 fully saturated rings. The highest BCUT2D eigenvalue weighted by atomic mass is 32.2. The van der Waals surface area contributed by atoms with E-state index in [0.717, 1.165) is 30.0 Å². The molecule has 0 radical (unpaired) electrons. The fourth-order valence-electron chi connectivity index (χ4n) is 2.53. The van der Waals surface area contributed by atoms with Crippen molar-refractivity contribution in [3.63, 3.8) is 0 Å². The molecule has 5 nitrogen and oxygen atoms in total. The summed E-state index contributed by atoms with van der Waals surface area (Å²) in [5.41, 5.74) is 0.482. The number of thiazole rings is 1. The minimum atomic E-state index is -0.401. The second-order valence-corrected chi connectivity index (χ2v) is 9.24. The van der Waals surface area contributed by atoms with E-state index in [9.17, 15) is 9.59 Å². The van der Waals surface area contributed by atoms with Gasteiger partial charge in [-0.1, -0.05) is 13.3 Å². The Balaban J connectivity index is 2.13. The summed E-state index contributed by atoms with van der Waals surface area (Å²) in [7, 11) is 0. The summed E-state index contributed by atoms with van der Waals surface area (Å²) in [6.45, 7) is 9.88. The van der Waals surface area contributed by atoms with Crippen molar-refractivity contribution in [2.24, 2.45) is 0 Å². The highest BCUT2D eigenvalue weighted by Crippen LogP contribution is 2.28. The van der Waals surface area contributed by atoms with Gasteiger partial charge < -0.3 is 10.2 Å². The van der Waals surface area contributed by atoms with E-state index in [4.69, 9.17) is 0 Å². The summed E-state index contributed by atoms with van der Waals surface area (Å²) in [6, 6.07) is -0.401. The zero-order valence-electron chi connectivity index (χ0n) is 15.1. The van der Waals surface area contributed by atoms with E-state index in [1.165, 1.54) is 11.3 Å². The van der Waals surface area contributed by atoms with Gasteiger partial charge in [0.2, 0.25) is 5.91 Å². The van der Waals surface area contributed by atoms with Crippen molar-refractivity contribution in [1.29, 1.82) is 0 Å². The number of thioether (sulfide) groups is 1. The van der Waals surface area contributed by atoms with Gasteiger partial charge in [-0.2, -0.15) is 0 Å². The first-order valence-electron chi connectivity index (χ1n) is 8.40.